The van der Waals surface area contributed by atoms with Crippen molar-refractivity contribution in [3.05, 3.63) is 0 Å². The number of esters is 1. The Morgan fingerprint density at radius 1 is 1.25 bits per heavy atom. The SMILES string of the molecule is COC(=O)C(N)C(O)(P(=O)(O)O)P(=O)(O)O. The van der Waals surface area contributed by atoms with Gasteiger partial charge in [0, 0.05) is 0 Å². The van der Waals surface area contributed by atoms with E-state index in [9.17, 15) is 19.0 Å². The number of carbonyl (C=O) groups is 1. The Labute approximate surface area is 89.3 Å². The van der Waals surface area contributed by atoms with E-state index in [1.165, 1.54) is 0 Å². The summed E-state index contributed by atoms with van der Waals surface area (Å²) in [6.07, 6.45) is 0. The zero-order chi connectivity index (χ0) is 13.4. The molecule has 0 heterocycles. The summed E-state index contributed by atoms with van der Waals surface area (Å²) < 4.78 is 25.6. The quantitative estimate of drug-likeness (QED) is 0.237. The number of carbonyl (C=O) groups excluding carboxylic acids is 1. The number of hydrogen-bond donors (Lipinski definition) is 6. The number of nitrogens with two attached hydrogens (primary N) is 1. The molecule has 10 nitrogen and oxygen atoms in total. The van der Waals surface area contributed by atoms with E-state index in [2.05, 4.69) is 4.74 Å². The molecular weight excluding hydrogens is 268 g/mol. The van der Waals surface area contributed by atoms with Gasteiger partial charge in [-0.3, -0.25) is 13.9 Å². The Bertz CT molecular complexity index is 346. The van der Waals surface area contributed by atoms with E-state index in [4.69, 9.17) is 25.3 Å². The lowest BCUT2D eigenvalue weighted by molar-refractivity contribution is -0.145. The zero-order valence-corrected chi connectivity index (χ0v) is 9.71. The smallest absolute Gasteiger partial charge is 0.371 e. The third-order valence-corrected chi connectivity index (χ3v) is 5.56. The van der Waals surface area contributed by atoms with Crippen molar-refractivity contribution in [2.24, 2.45) is 5.73 Å². The maximum absolute atomic E-state index is 10.9. The molecule has 0 fully saturated rings. The van der Waals surface area contributed by atoms with E-state index in [0.717, 1.165) is 7.11 Å². The number of hydrogen-bond acceptors (Lipinski definition) is 6. The molecule has 12 heteroatoms. The predicted molar refractivity (Wildman–Crippen MR) is 49.0 cm³/mol. The fourth-order valence-corrected chi connectivity index (χ4v) is 3.11. The average Bonchev–Trinajstić information content (AvgIpc) is 2.10. The molecule has 0 aliphatic heterocycles. The van der Waals surface area contributed by atoms with Gasteiger partial charge in [-0.05, 0) is 0 Å². The number of aliphatic hydroxyl groups is 1. The van der Waals surface area contributed by atoms with E-state index < -0.39 is 32.3 Å². The van der Waals surface area contributed by atoms with Crippen molar-refractivity contribution in [1.82, 2.24) is 0 Å². The predicted octanol–water partition coefficient (Wildman–Crippen LogP) is -2.51. The van der Waals surface area contributed by atoms with E-state index in [1.54, 1.807) is 0 Å². The van der Waals surface area contributed by atoms with Crippen LogP contribution in [0.25, 0.3) is 0 Å². The molecule has 0 aromatic carbocycles. The van der Waals surface area contributed by atoms with Gasteiger partial charge < -0.3 is 35.2 Å². The molecule has 0 radical (unpaired) electrons. The summed E-state index contributed by atoms with van der Waals surface area (Å²) in [6.45, 7) is 0. The molecule has 0 aromatic heterocycles. The summed E-state index contributed by atoms with van der Waals surface area (Å²) in [5, 5.41) is 5.30. The van der Waals surface area contributed by atoms with Gasteiger partial charge in [-0.15, -0.1) is 0 Å². The van der Waals surface area contributed by atoms with Crippen LogP contribution in [0.3, 0.4) is 0 Å². The van der Waals surface area contributed by atoms with Gasteiger partial charge in [0.15, 0.2) is 6.04 Å². The first-order valence-electron chi connectivity index (χ1n) is 3.56. The van der Waals surface area contributed by atoms with Crippen molar-refractivity contribution in [2.75, 3.05) is 7.11 Å². The molecule has 0 aliphatic carbocycles. The van der Waals surface area contributed by atoms with Gasteiger partial charge >= 0.3 is 21.2 Å². The Balaban J connectivity index is 5.72. The molecule has 0 rings (SSSR count). The van der Waals surface area contributed by atoms with Crippen LogP contribution in [0.4, 0.5) is 0 Å². The fraction of sp³-hybridized carbons (Fsp3) is 0.750. The highest BCUT2D eigenvalue weighted by molar-refractivity contribution is 7.72. The highest BCUT2D eigenvalue weighted by Gasteiger charge is 2.66. The normalized spacial score (nSPS) is 15.7. The minimum absolute atomic E-state index is 0.766. The molecular formula is C4H11NO9P2. The fourth-order valence-electron chi connectivity index (χ4n) is 0.817. The molecule has 96 valence electrons. The van der Waals surface area contributed by atoms with Gasteiger partial charge in [0.1, 0.15) is 0 Å². The maximum Gasteiger partial charge on any atom is 0.371 e. The molecule has 7 N–H and O–H groups in total. The van der Waals surface area contributed by atoms with E-state index >= 15 is 0 Å². The topological polar surface area (TPSA) is 188 Å². The first kappa shape index (κ1) is 15.7. The molecule has 16 heavy (non-hydrogen) atoms. The minimum atomic E-state index is -5.77. The van der Waals surface area contributed by atoms with E-state index in [1.807, 2.05) is 0 Å². The molecule has 0 aromatic rings. The second kappa shape index (κ2) is 4.52. The van der Waals surface area contributed by atoms with Crippen LogP contribution in [0.1, 0.15) is 0 Å². The van der Waals surface area contributed by atoms with Crippen molar-refractivity contribution in [2.45, 2.75) is 11.1 Å². The van der Waals surface area contributed by atoms with Gasteiger partial charge in [0.25, 0.3) is 5.08 Å². The third kappa shape index (κ3) is 2.50. The lowest BCUT2D eigenvalue weighted by atomic mass is 10.3. The Morgan fingerprint density at radius 3 is 1.75 bits per heavy atom. The van der Waals surface area contributed by atoms with Crippen molar-refractivity contribution >= 4 is 21.2 Å². The van der Waals surface area contributed by atoms with Crippen molar-refractivity contribution < 1.29 is 43.3 Å². The molecule has 0 saturated heterocycles. The molecule has 0 saturated carbocycles. The van der Waals surface area contributed by atoms with E-state index in [0.29, 0.717) is 0 Å². The van der Waals surface area contributed by atoms with Crippen molar-refractivity contribution in [1.29, 1.82) is 0 Å². The lowest BCUT2D eigenvalue weighted by Crippen LogP contribution is -2.52. The molecule has 0 aliphatic rings. The van der Waals surface area contributed by atoms with Gasteiger partial charge in [-0.25, -0.2) is 0 Å². The third-order valence-electron chi connectivity index (χ3n) is 1.73. The molecule has 0 spiro atoms. The second-order valence-electron chi connectivity index (χ2n) is 2.78. The summed E-state index contributed by atoms with van der Waals surface area (Å²) in [4.78, 5) is 45.5. The van der Waals surface area contributed by atoms with Crippen LogP contribution in [0, 0.1) is 0 Å². The summed E-state index contributed by atoms with van der Waals surface area (Å²) in [6, 6.07) is -2.58. The first-order chi connectivity index (χ1) is 6.89. The molecule has 1 unspecified atom stereocenters. The van der Waals surface area contributed by atoms with Crippen LogP contribution in [0.5, 0.6) is 0 Å². The van der Waals surface area contributed by atoms with Gasteiger partial charge in [0.2, 0.25) is 0 Å². The maximum atomic E-state index is 10.9. The summed E-state index contributed by atoms with van der Waals surface area (Å²) in [7, 11) is -10.8. The summed E-state index contributed by atoms with van der Waals surface area (Å²) in [5.41, 5.74) is 4.87. The molecule has 0 amide bonds. The van der Waals surface area contributed by atoms with E-state index in [-0.39, 0.29) is 0 Å². The van der Waals surface area contributed by atoms with Crippen LogP contribution in [0.15, 0.2) is 0 Å². The molecule has 0 bridgehead atoms. The van der Waals surface area contributed by atoms with Crippen LogP contribution in [-0.4, -0.2) is 48.9 Å². The highest BCUT2D eigenvalue weighted by Crippen LogP contribution is 2.68. The largest absolute Gasteiger partial charge is 0.468 e. The zero-order valence-electron chi connectivity index (χ0n) is 7.92. The van der Waals surface area contributed by atoms with Gasteiger partial charge in [-0.2, -0.15) is 0 Å². The Morgan fingerprint density at radius 2 is 1.56 bits per heavy atom. The minimum Gasteiger partial charge on any atom is -0.468 e. The van der Waals surface area contributed by atoms with Crippen LogP contribution >= 0.6 is 15.2 Å². The standard InChI is InChI=1S/C4H11NO9P2/c1-14-3(6)2(5)4(7,15(8,9)10)16(11,12)13/h2,7H,5H2,1H3,(H2,8,9,10)(H2,11,12,13). The summed E-state index contributed by atoms with van der Waals surface area (Å²) in [5.74, 6) is -1.57. The Kier molecular flexibility index (Phi) is 4.43. The van der Waals surface area contributed by atoms with Crippen LogP contribution < -0.4 is 5.73 Å². The van der Waals surface area contributed by atoms with Crippen molar-refractivity contribution in [3.8, 4) is 0 Å². The second-order valence-corrected chi connectivity index (χ2v) is 6.67. The summed E-state index contributed by atoms with van der Waals surface area (Å²) >= 11 is 0. The first-order valence-corrected chi connectivity index (χ1v) is 6.79. The lowest BCUT2D eigenvalue weighted by Gasteiger charge is -2.32. The van der Waals surface area contributed by atoms with Crippen molar-refractivity contribution in [3.63, 3.8) is 0 Å². The van der Waals surface area contributed by atoms with Gasteiger partial charge in [-0.1, -0.05) is 0 Å². The average molecular weight is 279 g/mol. The molecule has 1 atom stereocenters. The number of rotatable bonds is 4. The monoisotopic (exact) mass is 279 g/mol. The van der Waals surface area contributed by atoms with Crippen LogP contribution in [-0.2, 0) is 18.7 Å². The van der Waals surface area contributed by atoms with Gasteiger partial charge in [0.05, 0.1) is 7.11 Å². The number of ether oxygens (including phenoxy) is 1. The Hall–Kier alpha value is -0.310. The highest BCUT2D eigenvalue weighted by atomic mass is 31.2. The number of methoxy groups -OCH3 is 1. The van der Waals surface area contributed by atoms with Crippen LogP contribution in [0.2, 0.25) is 0 Å².